The van der Waals surface area contributed by atoms with E-state index in [1.165, 1.54) is 28.7 Å². The smallest absolute Gasteiger partial charge is 0.283 e. The highest BCUT2D eigenvalue weighted by Crippen LogP contribution is 2.29. The molecule has 0 unspecified atom stereocenters. The minimum absolute atomic E-state index is 0.0673. The average Bonchev–Trinajstić information content (AvgIpc) is 2.66. The Morgan fingerprint density at radius 3 is 2.85 bits per heavy atom. The van der Waals surface area contributed by atoms with Crippen molar-refractivity contribution >= 4 is 34.6 Å². The zero-order chi connectivity index (χ0) is 19.4. The number of nitrogens with zero attached hydrogens (tertiary/aromatic N) is 4. The van der Waals surface area contributed by atoms with Gasteiger partial charge in [0.2, 0.25) is 0 Å². The third kappa shape index (κ3) is 4.04. The van der Waals surface area contributed by atoms with Crippen LogP contribution in [0.2, 0.25) is 0 Å². The normalized spacial score (nSPS) is 11.3. The van der Waals surface area contributed by atoms with Gasteiger partial charge in [-0.25, -0.2) is 4.98 Å². The average molecular weight is 384 g/mol. The number of aryl methyl sites for hydroxylation is 1. The van der Waals surface area contributed by atoms with Crippen molar-refractivity contribution in [1.82, 2.24) is 9.66 Å². The van der Waals surface area contributed by atoms with Crippen LogP contribution in [0.5, 0.6) is 0 Å². The Balaban J connectivity index is 1.99. The van der Waals surface area contributed by atoms with Crippen LogP contribution in [0.25, 0.3) is 10.9 Å². The zero-order valence-electron chi connectivity index (χ0n) is 14.4. The lowest BCUT2D eigenvalue weighted by molar-refractivity contribution is -0.387. The van der Waals surface area contributed by atoms with Crippen molar-refractivity contribution < 1.29 is 10.0 Å². The lowest BCUT2D eigenvalue weighted by Crippen LogP contribution is -2.20. The SMILES string of the molecule is Cc1nc2ccccc2c(=O)n1/N=C/c1ccc(SCCO)c([N+](=O)[O-])c1. The van der Waals surface area contributed by atoms with Crippen molar-refractivity contribution in [2.24, 2.45) is 5.10 Å². The lowest BCUT2D eigenvalue weighted by Gasteiger charge is -2.05. The fourth-order valence-electron chi connectivity index (χ4n) is 2.53. The van der Waals surface area contributed by atoms with E-state index in [9.17, 15) is 14.9 Å². The molecule has 0 aliphatic heterocycles. The maximum Gasteiger partial charge on any atom is 0.283 e. The van der Waals surface area contributed by atoms with Gasteiger partial charge < -0.3 is 5.11 Å². The maximum atomic E-state index is 12.6. The summed E-state index contributed by atoms with van der Waals surface area (Å²) in [5.41, 5.74) is 0.693. The predicted octanol–water partition coefficient (Wildman–Crippen LogP) is 2.58. The molecular weight excluding hydrogens is 368 g/mol. The van der Waals surface area contributed by atoms with E-state index in [1.807, 2.05) is 0 Å². The van der Waals surface area contributed by atoms with Gasteiger partial charge in [0.1, 0.15) is 5.82 Å². The first-order valence-corrected chi connectivity index (χ1v) is 9.04. The first-order valence-electron chi connectivity index (χ1n) is 8.06. The summed E-state index contributed by atoms with van der Waals surface area (Å²) in [5.74, 6) is 0.783. The third-order valence-electron chi connectivity index (χ3n) is 3.77. The van der Waals surface area contributed by atoms with Crippen molar-refractivity contribution in [3.05, 3.63) is 74.3 Å². The standard InChI is InChI=1S/C18H16N4O4S/c1-12-20-15-5-3-2-4-14(15)18(24)21(12)19-11-13-6-7-17(27-9-8-23)16(10-13)22(25)26/h2-7,10-11,23H,8-9H2,1H3/b19-11+. The molecule has 0 saturated carbocycles. The first kappa shape index (κ1) is 18.7. The number of hydrogen-bond donors (Lipinski definition) is 1. The maximum absolute atomic E-state index is 12.6. The number of nitro benzene ring substituents is 1. The van der Waals surface area contributed by atoms with Gasteiger partial charge in [0.05, 0.1) is 33.5 Å². The van der Waals surface area contributed by atoms with Gasteiger partial charge in [0, 0.05) is 17.4 Å². The predicted molar refractivity (Wildman–Crippen MR) is 105 cm³/mol. The number of aliphatic hydroxyl groups is 1. The fourth-order valence-corrected chi connectivity index (χ4v) is 3.29. The summed E-state index contributed by atoms with van der Waals surface area (Å²) < 4.78 is 1.17. The van der Waals surface area contributed by atoms with Gasteiger partial charge in [-0.1, -0.05) is 18.2 Å². The Bertz CT molecular complexity index is 1090. The molecule has 0 fully saturated rings. The zero-order valence-corrected chi connectivity index (χ0v) is 15.2. The Hall–Kier alpha value is -3.04. The van der Waals surface area contributed by atoms with Crippen LogP contribution >= 0.6 is 11.8 Å². The van der Waals surface area contributed by atoms with Crippen molar-refractivity contribution in [2.45, 2.75) is 11.8 Å². The summed E-state index contributed by atoms with van der Waals surface area (Å²) in [7, 11) is 0. The molecule has 27 heavy (non-hydrogen) atoms. The van der Waals surface area contributed by atoms with Gasteiger partial charge in [0.15, 0.2) is 0 Å². The monoisotopic (exact) mass is 384 g/mol. The van der Waals surface area contributed by atoms with Gasteiger partial charge in [-0.15, -0.1) is 11.8 Å². The minimum Gasteiger partial charge on any atom is -0.396 e. The van der Waals surface area contributed by atoms with Crippen molar-refractivity contribution in [3.63, 3.8) is 0 Å². The van der Waals surface area contributed by atoms with Crippen molar-refractivity contribution in [3.8, 4) is 0 Å². The molecular formula is C18H16N4O4S. The van der Waals surface area contributed by atoms with Crippen LogP contribution in [0.1, 0.15) is 11.4 Å². The number of fused-ring (bicyclic) bond motifs is 1. The van der Waals surface area contributed by atoms with E-state index in [0.29, 0.717) is 32.9 Å². The number of aromatic nitrogens is 2. The van der Waals surface area contributed by atoms with E-state index in [4.69, 9.17) is 5.11 Å². The molecule has 1 aromatic heterocycles. The Morgan fingerprint density at radius 1 is 1.33 bits per heavy atom. The third-order valence-corrected chi connectivity index (χ3v) is 4.81. The van der Waals surface area contributed by atoms with Gasteiger partial charge in [-0.05, 0) is 25.1 Å². The fraction of sp³-hybridized carbons (Fsp3) is 0.167. The van der Waals surface area contributed by atoms with Crippen LogP contribution in [0, 0.1) is 17.0 Å². The summed E-state index contributed by atoms with van der Waals surface area (Å²) in [6, 6.07) is 11.6. The number of nitro groups is 1. The number of benzene rings is 2. The molecule has 1 heterocycles. The Kier molecular flexibility index (Phi) is 5.63. The molecule has 0 atom stereocenters. The Morgan fingerprint density at radius 2 is 2.11 bits per heavy atom. The van der Waals surface area contributed by atoms with Gasteiger partial charge in [-0.2, -0.15) is 9.78 Å². The van der Waals surface area contributed by atoms with Crippen molar-refractivity contribution in [1.29, 1.82) is 0 Å². The molecule has 0 aliphatic rings. The molecule has 0 bridgehead atoms. The molecule has 9 heteroatoms. The van der Waals surface area contributed by atoms with Crippen LogP contribution < -0.4 is 5.56 Å². The number of hydrogen-bond acceptors (Lipinski definition) is 7. The highest BCUT2D eigenvalue weighted by atomic mass is 32.2. The van der Waals surface area contributed by atoms with E-state index in [0.717, 1.165) is 0 Å². The number of aliphatic hydroxyl groups excluding tert-OH is 1. The Labute approximate surface area is 158 Å². The van der Waals surface area contributed by atoms with E-state index < -0.39 is 4.92 Å². The molecule has 3 aromatic rings. The van der Waals surface area contributed by atoms with Crippen LogP contribution in [0.4, 0.5) is 5.69 Å². The topological polar surface area (TPSA) is 111 Å². The van der Waals surface area contributed by atoms with E-state index in [-0.39, 0.29) is 17.9 Å². The molecule has 0 amide bonds. The van der Waals surface area contributed by atoms with Crippen LogP contribution in [-0.4, -0.2) is 38.3 Å². The highest BCUT2D eigenvalue weighted by Gasteiger charge is 2.14. The largest absolute Gasteiger partial charge is 0.396 e. The molecule has 0 saturated heterocycles. The quantitative estimate of drug-likeness (QED) is 0.303. The summed E-state index contributed by atoms with van der Waals surface area (Å²) in [4.78, 5) is 28.2. The second-order valence-corrected chi connectivity index (χ2v) is 6.73. The summed E-state index contributed by atoms with van der Waals surface area (Å²) in [6.07, 6.45) is 1.39. The highest BCUT2D eigenvalue weighted by molar-refractivity contribution is 7.99. The second-order valence-electron chi connectivity index (χ2n) is 5.59. The first-order chi connectivity index (χ1) is 13.0. The molecule has 0 spiro atoms. The molecule has 8 nitrogen and oxygen atoms in total. The minimum atomic E-state index is -0.480. The van der Waals surface area contributed by atoms with Crippen LogP contribution in [-0.2, 0) is 0 Å². The number of thioether (sulfide) groups is 1. The summed E-state index contributed by atoms with van der Waals surface area (Å²) in [6.45, 7) is 1.60. The van der Waals surface area contributed by atoms with Gasteiger partial charge in [0.25, 0.3) is 11.2 Å². The van der Waals surface area contributed by atoms with E-state index >= 15 is 0 Å². The number of rotatable bonds is 6. The van der Waals surface area contributed by atoms with Gasteiger partial charge in [-0.3, -0.25) is 14.9 Å². The summed E-state index contributed by atoms with van der Waals surface area (Å²) in [5, 5.41) is 24.8. The molecule has 0 radical (unpaired) electrons. The molecule has 1 N–H and O–H groups in total. The van der Waals surface area contributed by atoms with E-state index in [2.05, 4.69) is 10.1 Å². The van der Waals surface area contributed by atoms with Crippen LogP contribution in [0.15, 0.2) is 57.3 Å². The molecule has 138 valence electrons. The van der Waals surface area contributed by atoms with Crippen molar-refractivity contribution in [2.75, 3.05) is 12.4 Å². The second kappa shape index (κ2) is 8.11. The van der Waals surface area contributed by atoms with Crippen LogP contribution in [0.3, 0.4) is 0 Å². The number of para-hydroxylation sites is 1. The lowest BCUT2D eigenvalue weighted by atomic mass is 10.2. The van der Waals surface area contributed by atoms with Gasteiger partial charge >= 0.3 is 0 Å². The van der Waals surface area contributed by atoms with E-state index in [1.54, 1.807) is 43.3 Å². The summed E-state index contributed by atoms with van der Waals surface area (Å²) >= 11 is 1.20. The molecule has 3 rings (SSSR count). The molecule has 2 aromatic carbocycles. The molecule has 0 aliphatic carbocycles.